The van der Waals surface area contributed by atoms with Crippen LogP contribution in [0.2, 0.25) is 0 Å². The average molecular weight is 471 g/mol. The van der Waals surface area contributed by atoms with E-state index in [0.29, 0.717) is 21.2 Å². The maximum atomic E-state index is 12.5. The lowest BCUT2D eigenvalue weighted by Crippen LogP contribution is -2.18. The maximum absolute atomic E-state index is 12.5. The summed E-state index contributed by atoms with van der Waals surface area (Å²) in [4.78, 5) is 33.8. The lowest BCUT2D eigenvalue weighted by atomic mass is 10.1. The van der Waals surface area contributed by atoms with Crippen LogP contribution < -0.4 is 5.56 Å². The highest BCUT2D eigenvalue weighted by Gasteiger charge is 2.19. The van der Waals surface area contributed by atoms with E-state index < -0.39 is 12.1 Å². The third-order valence-electron chi connectivity index (χ3n) is 5.10. The number of aryl methyl sites for hydroxylation is 4. The number of nitrogens with one attached hydrogen (secondary N) is 1. The lowest BCUT2D eigenvalue weighted by Gasteiger charge is -2.12. The van der Waals surface area contributed by atoms with E-state index >= 15 is 0 Å². The highest BCUT2D eigenvalue weighted by Crippen LogP contribution is 2.27. The predicted octanol–water partition coefficient (Wildman–Crippen LogP) is 3.59. The van der Waals surface area contributed by atoms with Gasteiger partial charge in [0.05, 0.1) is 16.8 Å². The number of thioether (sulfide) groups is 1. The fraction of sp³-hybridized carbons (Fsp3) is 0.333. The van der Waals surface area contributed by atoms with Gasteiger partial charge in [-0.05, 0) is 67.8 Å². The Labute approximate surface area is 192 Å². The molecule has 4 aromatic rings. The Bertz CT molecular complexity index is 1370. The number of carbonyl (C=O) groups excluding carboxylic acids is 1. The van der Waals surface area contributed by atoms with Crippen LogP contribution in [0.15, 0.2) is 28.2 Å². The highest BCUT2D eigenvalue weighted by molar-refractivity contribution is 7.99. The maximum Gasteiger partial charge on any atom is 0.317 e. The van der Waals surface area contributed by atoms with E-state index in [2.05, 4.69) is 25.5 Å². The number of H-pyrrole nitrogens is 1. The second-order valence-corrected chi connectivity index (χ2v) is 9.64. The van der Waals surface area contributed by atoms with Gasteiger partial charge in [-0.25, -0.2) is 4.98 Å². The fourth-order valence-electron chi connectivity index (χ4n) is 3.24. The van der Waals surface area contributed by atoms with E-state index in [9.17, 15) is 9.59 Å². The van der Waals surface area contributed by atoms with E-state index in [1.807, 2.05) is 45.9 Å². The van der Waals surface area contributed by atoms with Crippen molar-refractivity contribution in [3.05, 3.63) is 55.9 Å². The van der Waals surface area contributed by atoms with Crippen LogP contribution in [0.4, 0.5) is 0 Å². The van der Waals surface area contributed by atoms with Gasteiger partial charge < -0.3 is 9.72 Å². The van der Waals surface area contributed by atoms with Crippen molar-refractivity contribution in [2.24, 2.45) is 0 Å². The van der Waals surface area contributed by atoms with E-state index in [-0.39, 0.29) is 11.3 Å². The number of ether oxygens (including phenoxy) is 1. The van der Waals surface area contributed by atoms with Crippen molar-refractivity contribution in [3.8, 4) is 5.69 Å². The number of aromatic nitrogens is 6. The van der Waals surface area contributed by atoms with Crippen molar-refractivity contribution < 1.29 is 9.53 Å². The van der Waals surface area contributed by atoms with E-state index in [4.69, 9.17) is 4.74 Å². The van der Waals surface area contributed by atoms with Crippen molar-refractivity contribution in [2.75, 3.05) is 5.75 Å². The third kappa shape index (κ3) is 4.30. The van der Waals surface area contributed by atoms with Crippen LogP contribution in [0, 0.1) is 27.7 Å². The number of benzene rings is 1. The molecule has 0 bridgehead atoms. The first-order valence-corrected chi connectivity index (χ1v) is 11.7. The van der Waals surface area contributed by atoms with Crippen LogP contribution in [0.25, 0.3) is 15.9 Å². The normalized spacial score (nSPS) is 12.3. The second kappa shape index (κ2) is 8.83. The monoisotopic (exact) mass is 470 g/mol. The van der Waals surface area contributed by atoms with Gasteiger partial charge in [-0.3, -0.25) is 9.59 Å². The number of rotatable bonds is 6. The zero-order chi connectivity index (χ0) is 23.0. The standard InChI is InChI=1S/C21H22N6O3S2/c1-10-6-7-11(2)15(8-10)27-21(24-25-26-27)31-9-16(28)30-13(4)18-22-19(29)17-12(3)14(5)32-20(17)23-18/h6-8,13H,9H2,1-5H3,(H,22,23,29). The molecule has 0 saturated carbocycles. The molecule has 0 fully saturated rings. The highest BCUT2D eigenvalue weighted by atomic mass is 32.2. The summed E-state index contributed by atoms with van der Waals surface area (Å²) in [5, 5.41) is 12.9. The molecular weight excluding hydrogens is 448 g/mol. The summed E-state index contributed by atoms with van der Waals surface area (Å²) >= 11 is 2.63. The molecule has 0 saturated heterocycles. The first kappa shape index (κ1) is 22.2. The Balaban J connectivity index is 1.45. The first-order valence-electron chi connectivity index (χ1n) is 9.92. The Morgan fingerprint density at radius 3 is 2.84 bits per heavy atom. The SMILES string of the molecule is Cc1ccc(C)c(-n2nnnc2SCC(=O)OC(C)c2nc3sc(C)c(C)c3c(=O)[nH]2)c1. The van der Waals surface area contributed by atoms with E-state index in [1.54, 1.807) is 11.6 Å². The van der Waals surface area contributed by atoms with Crippen molar-refractivity contribution in [3.63, 3.8) is 0 Å². The number of hydrogen-bond donors (Lipinski definition) is 1. The number of esters is 1. The third-order valence-corrected chi connectivity index (χ3v) is 7.10. The van der Waals surface area contributed by atoms with Gasteiger partial charge in [0.2, 0.25) is 5.16 Å². The Kier molecular flexibility index (Phi) is 6.11. The predicted molar refractivity (Wildman–Crippen MR) is 124 cm³/mol. The topological polar surface area (TPSA) is 116 Å². The molecule has 0 amide bonds. The summed E-state index contributed by atoms with van der Waals surface area (Å²) in [6, 6.07) is 6.00. The summed E-state index contributed by atoms with van der Waals surface area (Å²) in [7, 11) is 0. The molecule has 9 nitrogen and oxygen atoms in total. The number of hydrogen-bond acceptors (Lipinski definition) is 9. The van der Waals surface area contributed by atoms with Crippen molar-refractivity contribution >= 4 is 39.3 Å². The number of thiophene rings is 1. The Morgan fingerprint density at radius 1 is 1.28 bits per heavy atom. The van der Waals surface area contributed by atoms with E-state index in [0.717, 1.165) is 27.3 Å². The Hall–Kier alpha value is -3.05. The molecule has 0 aliphatic carbocycles. The molecule has 1 unspecified atom stereocenters. The molecule has 3 heterocycles. The lowest BCUT2D eigenvalue weighted by molar-refractivity contribution is -0.145. The van der Waals surface area contributed by atoms with Crippen molar-refractivity contribution in [1.82, 2.24) is 30.2 Å². The molecule has 0 radical (unpaired) electrons. The number of tetrazole rings is 1. The zero-order valence-electron chi connectivity index (χ0n) is 18.3. The molecule has 1 aromatic carbocycles. The van der Waals surface area contributed by atoms with E-state index in [1.165, 1.54) is 23.1 Å². The summed E-state index contributed by atoms with van der Waals surface area (Å²) in [6.45, 7) is 9.50. The van der Waals surface area contributed by atoms with Crippen LogP contribution in [0.1, 0.15) is 40.4 Å². The minimum Gasteiger partial charge on any atom is -0.454 e. The van der Waals surface area contributed by atoms with Crippen LogP contribution in [-0.4, -0.2) is 41.9 Å². The van der Waals surface area contributed by atoms with Crippen molar-refractivity contribution in [1.29, 1.82) is 0 Å². The van der Waals surface area contributed by atoms with Crippen LogP contribution >= 0.6 is 23.1 Å². The fourth-order valence-corrected chi connectivity index (χ4v) is 4.95. The molecule has 0 spiro atoms. The second-order valence-electron chi connectivity index (χ2n) is 7.50. The van der Waals surface area contributed by atoms with Gasteiger partial charge in [0.1, 0.15) is 4.83 Å². The molecule has 3 aromatic heterocycles. The average Bonchev–Trinajstić information content (AvgIpc) is 3.32. The molecule has 4 rings (SSSR count). The van der Waals surface area contributed by atoms with Gasteiger partial charge in [-0.1, -0.05) is 23.9 Å². The number of nitrogens with zero attached hydrogens (tertiary/aromatic N) is 5. The quantitative estimate of drug-likeness (QED) is 0.336. The van der Waals surface area contributed by atoms with Gasteiger partial charge in [0.15, 0.2) is 11.9 Å². The largest absolute Gasteiger partial charge is 0.454 e. The van der Waals surface area contributed by atoms with Crippen LogP contribution in [-0.2, 0) is 9.53 Å². The van der Waals surface area contributed by atoms with Gasteiger partial charge >= 0.3 is 5.97 Å². The zero-order valence-corrected chi connectivity index (χ0v) is 19.9. The minimum atomic E-state index is -0.696. The summed E-state index contributed by atoms with van der Waals surface area (Å²) in [5.74, 6) is -0.124. The van der Waals surface area contributed by atoms with Crippen LogP contribution in [0.5, 0.6) is 0 Å². The van der Waals surface area contributed by atoms with Gasteiger partial charge in [0.25, 0.3) is 5.56 Å². The Morgan fingerprint density at radius 2 is 2.06 bits per heavy atom. The molecule has 1 N–H and O–H groups in total. The first-order chi connectivity index (χ1) is 15.2. The molecule has 1 atom stereocenters. The summed E-state index contributed by atoms with van der Waals surface area (Å²) in [6.07, 6.45) is -0.696. The van der Waals surface area contributed by atoms with Gasteiger partial charge in [-0.2, -0.15) is 4.68 Å². The van der Waals surface area contributed by atoms with Gasteiger partial charge in [-0.15, -0.1) is 16.4 Å². The van der Waals surface area contributed by atoms with Crippen LogP contribution in [0.3, 0.4) is 0 Å². The number of carbonyl (C=O) groups is 1. The molecular formula is C21H22N6O3S2. The number of fused-ring (bicyclic) bond motifs is 1. The molecule has 166 valence electrons. The molecule has 11 heteroatoms. The smallest absolute Gasteiger partial charge is 0.317 e. The molecule has 0 aliphatic rings. The molecule has 32 heavy (non-hydrogen) atoms. The number of aromatic amines is 1. The molecule has 0 aliphatic heterocycles. The summed E-state index contributed by atoms with van der Waals surface area (Å²) < 4.78 is 7.11. The van der Waals surface area contributed by atoms with Gasteiger partial charge in [0, 0.05) is 4.88 Å². The van der Waals surface area contributed by atoms with Crippen molar-refractivity contribution in [2.45, 2.75) is 45.9 Å². The minimum absolute atomic E-state index is 0.0132. The summed E-state index contributed by atoms with van der Waals surface area (Å²) in [5.41, 5.74) is 3.66.